The van der Waals surface area contributed by atoms with Gasteiger partial charge in [-0.3, -0.25) is 4.79 Å². The largest absolute Gasteiger partial charge is 0.339 e. The second-order valence-corrected chi connectivity index (χ2v) is 4.44. The molecule has 6 nitrogen and oxygen atoms in total. The monoisotopic (exact) mass is 252 g/mol. The van der Waals surface area contributed by atoms with Gasteiger partial charge in [0.25, 0.3) is 0 Å². The summed E-state index contributed by atoms with van der Waals surface area (Å²) >= 11 is 1.41. The van der Waals surface area contributed by atoms with Crippen LogP contribution >= 0.6 is 11.3 Å². The van der Waals surface area contributed by atoms with Gasteiger partial charge in [0.05, 0.1) is 5.69 Å². The predicted octanol–water partition coefficient (Wildman–Crippen LogP) is 1.71. The number of nitrogens with zero attached hydrogens (tertiary/aromatic N) is 3. The maximum Gasteiger partial charge on any atom is 0.227 e. The molecule has 1 N–H and O–H groups in total. The quantitative estimate of drug-likeness (QED) is 0.896. The molecule has 2 aromatic rings. The maximum atomic E-state index is 11.6. The van der Waals surface area contributed by atoms with Gasteiger partial charge in [0.2, 0.25) is 11.8 Å². The van der Waals surface area contributed by atoms with Crippen LogP contribution in [-0.2, 0) is 11.2 Å². The lowest BCUT2D eigenvalue weighted by atomic mass is 10.3. The lowest BCUT2D eigenvalue weighted by Crippen LogP contribution is -2.12. The summed E-state index contributed by atoms with van der Waals surface area (Å²) in [6.45, 7) is 3.62. The maximum absolute atomic E-state index is 11.6. The zero-order valence-corrected chi connectivity index (χ0v) is 10.4. The number of amides is 1. The number of thiazole rings is 1. The highest BCUT2D eigenvalue weighted by Gasteiger charge is 2.08. The van der Waals surface area contributed by atoms with Gasteiger partial charge in [0, 0.05) is 18.2 Å². The Kier molecular flexibility index (Phi) is 3.48. The van der Waals surface area contributed by atoms with E-state index in [4.69, 9.17) is 4.52 Å². The summed E-state index contributed by atoms with van der Waals surface area (Å²) in [7, 11) is 0. The van der Waals surface area contributed by atoms with Gasteiger partial charge in [-0.15, -0.1) is 11.3 Å². The minimum Gasteiger partial charge on any atom is -0.339 e. The number of hydrogen-bond acceptors (Lipinski definition) is 6. The third kappa shape index (κ3) is 3.35. The molecule has 17 heavy (non-hydrogen) atoms. The minimum atomic E-state index is -0.102. The number of aromatic nitrogens is 3. The topological polar surface area (TPSA) is 80.9 Å². The van der Waals surface area contributed by atoms with Crippen molar-refractivity contribution in [3.8, 4) is 0 Å². The van der Waals surface area contributed by atoms with Gasteiger partial charge >= 0.3 is 0 Å². The summed E-state index contributed by atoms with van der Waals surface area (Å²) in [6, 6.07) is 0. The van der Waals surface area contributed by atoms with Gasteiger partial charge in [0.15, 0.2) is 11.0 Å². The molecule has 0 aromatic carbocycles. The molecule has 0 saturated carbocycles. The first-order valence-corrected chi connectivity index (χ1v) is 6.02. The van der Waals surface area contributed by atoms with Crippen molar-refractivity contribution in [2.24, 2.45) is 0 Å². The molecule has 0 bridgehead atoms. The molecule has 0 atom stereocenters. The molecule has 0 aliphatic heterocycles. The Morgan fingerprint density at radius 1 is 1.47 bits per heavy atom. The lowest BCUT2D eigenvalue weighted by Gasteiger charge is -1.98. The molecule has 90 valence electrons. The molecule has 0 radical (unpaired) electrons. The van der Waals surface area contributed by atoms with Gasteiger partial charge in [-0.05, 0) is 13.8 Å². The van der Waals surface area contributed by atoms with Crippen molar-refractivity contribution in [2.45, 2.75) is 26.7 Å². The normalized spacial score (nSPS) is 10.5. The van der Waals surface area contributed by atoms with E-state index < -0.39 is 0 Å². The molecular formula is C10H12N4O2S. The predicted molar refractivity (Wildman–Crippen MR) is 62.8 cm³/mol. The highest BCUT2D eigenvalue weighted by molar-refractivity contribution is 7.13. The molecule has 2 aromatic heterocycles. The van der Waals surface area contributed by atoms with Crippen molar-refractivity contribution < 1.29 is 9.32 Å². The van der Waals surface area contributed by atoms with Crippen LogP contribution in [0.15, 0.2) is 9.90 Å². The average Bonchev–Trinajstić information content (AvgIpc) is 2.85. The zero-order valence-electron chi connectivity index (χ0n) is 9.56. The molecule has 1 amide bonds. The fraction of sp³-hybridized carbons (Fsp3) is 0.400. The van der Waals surface area contributed by atoms with Crippen molar-refractivity contribution in [3.63, 3.8) is 0 Å². The third-order valence-corrected chi connectivity index (χ3v) is 2.88. The fourth-order valence-corrected chi connectivity index (χ4v) is 1.96. The smallest absolute Gasteiger partial charge is 0.227 e. The fourth-order valence-electron chi connectivity index (χ4n) is 1.26. The van der Waals surface area contributed by atoms with Crippen LogP contribution in [0.3, 0.4) is 0 Å². The molecular weight excluding hydrogens is 240 g/mol. The lowest BCUT2D eigenvalue weighted by molar-refractivity contribution is -0.116. The van der Waals surface area contributed by atoms with Gasteiger partial charge in [0.1, 0.15) is 0 Å². The van der Waals surface area contributed by atoms with Crippen molar-refractivity contribution in [1.29, 1.82) is 0 Å². The van der Waals surface area contributed by atoms with Crippen LogP contribution in [0.2, 0.25) is 0 Å². The molecule has 0 spiro atoms. The van der Waals surface area contributed by atoms with Crippen LogP contribution in [0.1, 0.15) is 23.8 Å². The molecule has 0 saturated heterocycles. The number of rotatable bonds is 4. The van der Waals surface area contributed by atoms with Gasteiger partial charge in [-0.25, -0.2) is 4.98 Å². The van der Waals surface area contributed by atoms with E-state index in [2.05, 4.69) is 20.4 Å². The summed E-state index contributed by atoms with van der Waals surface area (Å²) in [5, 5.41) is 8.88. The summed E-state index contributed by atoms with van der Waals surface area (Å²) in [5.74, 6) is 0.958. The molecule has 2 heterocycles. The number of anilines is 1. The van der Waals surface area contributed by atoms with E-state index in [1.807, 2.05) is 12.3 Å². The Hall–Kier alpha value is -1.76. The first-order valence-electron chi connectivity index (χ1n) is 5.14. The third-order valence-electron chi connectivity index (χ3n) is 2.00. The van der Waals surface area contributed by atoms with Crippen LogP contribution in [0.5, 0.6) is 0 Å². The van der Waals surface area contributed by atoms with Crippen LogP contribution in [-0.4, -0.2) is 21.0 Å². The van der Waals surface area contributed by atoms with Crippen LogP contribution < -0.4 is 5.32 Å². The van der Waals surface area contributed by atoms with E-state index in [0.717, 1.165) is 5.69 Å². The molecule has 0 aliphatic rings. The Bertz CT molecular complexity index is 520. The Balaban J connectivity index is 1.82. The van der Waals surface area contributed by atoms with E-state index in [9.17, 15) is 4.79 Å². The number of carbonyl (C=O) groups is 1. The van der Waals surface area contributed by atoms with Crippen molar-refractivity contribution in [2.75, 3.05) is 5.32 Å². The highest BCUT2D eigenvalue weighted by atomic mass is 32.1. The molecule has 0 aliphatic carbocycles. The average molecular weight is 252 g/mol. The summed E-state index contributed by atoms with van der Waals surface area (Å²) in [5.41, 5.74) is 0.901. The van der Waals surface area contributed by atoms with Crippen LogP contribution in [0.25, 0.3) is 0 Å². The number of hydrogen-bond donors (Lipinski definition) is 1. The van der Waals surface area contributed by atoms with Gasteiger partial charge < -0.3 is 9.84 Å². The molecule has 2 rings (SSSR count). The SMILES string of the molecule is Cc1csc(NC(=O)CCc2nc(C)no2)n1. The Morgan fingerprint density at radius 3 is 2.88 bits per heavy atom. The van der Waals surface area contributed by atoms with Gasteiger partial charge in [-0.1, -0.05) is 5.16 Å². The second-order valence-electron chi connectivity index (χ2n) is 3.58. The standard InChI is InChI=1S/C10H12N4O2S/c1-6-5-17-10(11-6)13-8(15)3-4-9-12-7(2)14-16-9/h5H,3-4H2,1-2H3,(H,11,13,15). The van der Waals surface area contributed by atoms with E-state index in [0.29, 0.717) is 29.7 Å². The minimum absolute atomic E-state index is 0.102. The first-order chi connectivity index (χ1) is 8.13. The second kappa shape index (κ2) is 5.05. The summed E-state index contributed by atoms with van der Waals surface area (Å²) < 4.78 is 4.91. The van der Waals surface area contributed by atoms with Crippen LogP contribution in [0, 0.1) is 13.8 Å². The van der Waals surface area contributed by atoms with E-state index in [1.54, 1.807) is 6.92 Å². The van der Waals surface area contributed by atoms with Crippen molar-refractivity contribution >= 4 is 22.4 Å². The number of carbonyl (C=O) groups excluding carboxylic acids is 1. The number of aryl methyl sites for hydroxylation is 3. The van der Waals surface area contributed by atoms with Gasteiger partial charge in [-0.2, -0.15) is 4.98 Å². The van der Waals surface area contributed by atoms with Crippen LogP contribution in [0.4, 0.5) is 5.13 Å². The van der Waals surface area contributed by atoms with Crippen molar-refractivity contribution in [1.82, 2.24) is 15.1 Å². The Labute approximate surface area is 102 Å². The van der Waals surface area contributed by atoms with E-state index in [-0.39, 0.29) is 5.91 Å². The zero-order chi connectivity index (χ0) is 12.3. The molecule has 7 heteroatoms. The summed E-state index contributed by atoms with van der Waals surface area (Å²) in [6.07, 6.45) is 0.747. The molecule has 0 fully saturated rings. The van der Waals surface area contributed by atoms with E-state index in [1.165, 1.54) is 11.3 Å². The highest BCUT2D eigenvalue weighted by Crippen LogP contribution is 2.14. The Morgan fingerprint density at radius 2 is 2.29 bits per heavy atom. The van der Waals surface area contributed by atoms with Crippen molar-refractivity contribution in [3.05, 3.63) is 22.8 Å². The number of nitrogens with one attached hydrogen (secondary N) is 1. The van der Waals surface area contributed by atoms with E-state index >= 15 is 0 Å². The molecule has 0 unspecified atom stereocenters. The summed E-state index contributed by atoms with van der Waals surface area (Å²) in [4.78, 5) is 19.7. The first kappa shape index (κ1) is 11.7.